The monoisotopic (exact) mass is 345 g/mol. The first-order valence-electron chi connectivity index (χ1n) is 7.49. The fourth-order valence-electron chi connectivity index (χ4n) is 2.59. The van der Waals surface area contributed by atoms with E-state index in [4.69, 9.17) is 11.6 Å². The topological polar surface area (TPSA) is 71.4 Å². The number of benzene rings is 1. The number of pyridine rings is 1. The molecule has 1 aliphatic rings. The van der Waals surface area contributed by atoms with Crippen molar-refractivity contribution in [1.29, 1.82) is 0 Å². The van der Waals surface area contributed by atoms with E-state index in [2.05, 4.69) is 5.32 Å². The highest BCUT2D eigenvalue weighted by atomic mass is 35.5. The summed E-state index contributed by atoms with van der Waals surface area (Å²) in [6.07, 6.45) is 0. The molecule has 0 atom stereocenters. The molecule has 124 valence electrons. The SMILES string of the molecule is CN1CCn2c(ccc(C(=O)NCc3ccc(Cl)cc3)c2=O)C1=O. The lowest BCUT2D eigenvalue weighted by atomic mass is 10.1. The highest BCUT2D eigenvalue weighted by molar-refractivity contribution is 6.30. The van der Waals surface area contributed by atoms with Crippen LogP contribution in [0.5, 0.6) is 0 Å². The zero-order valence-corrected chi connectivity index (χ0v) is 13.8. The summed E-state index contributed by atoms with van der Waals surface area (Å²) in [5.41, 5.74) is 0.776. The molecular weight excluding hydrogens is 330 g/mol. The first-order valence-corrected chi connectivity index (χ1v) is 7.87. The van der Waals surface area contributed by atoms with Crippen molar-refractivity contribution in [2.24, 2.45) is 0 Å². The van der Waals surface area contributed by atoms with Crippen molar-refractivity contribution in [3.8, 4) is 0 Å². The van der Waals surface area contributed by atoms with Crippen molar-refractivity contribution in [3.05, 3.63) is 68.6 Å². The molecule has 0 unspecified atom stereocenters. The summed E-state index contributed by atoms with van der Waals surface area (Å²) in [6, 6.07) is 10.0. The van der Waals surface area contributed by atoms with Gasteiger partial charge in [-0.1, -0.05) is 23.7 Å². The third kappa shape index (κ3) is 3.05. The lowest BCUT2D eigenvalue weighted by Gasteiger charge is -2.26. The molecule has 6 nitrogen and oxygen atoms in total. The molecule has 7 heteroatoms. The second kappa shape index (κ2) is 6.49. The fourth-order valence-corrected chi connectivity index (χ4v) is 2.71. The normalized spacial score (nSPS) is 13.6. The van der Waals surface area contributed by atoms with Crippen molar-refractivity contribution in [1.82, 2.24) is 14.8 Å². The minimum absolute atomic E-state index is 0.0325. The number of fused-ring (bicyclic) bond motifs is 1. The van der Waals surface area contributed by atoms with Gasteiger partial charge in [-0.3, -0.25) is 14.4 Å². The number of halogens is 1. The maximum absolute atomic E-state index is 12.5. The number of hydrogen-bond donors (Lipinski definition) is 1. The number of likely N-dealkylation sites (N-methyl/N-ethyl adjacent to an activating group) is 1. The number of nitrogens with zero attached hydrogens (tertiary/aromatic N) is 2. The lowest BCUT2D eigenvalue weighted by molar-refractivity contribution is 0.0743. The summed E-state index contributed by atoms with van der Waals surface area (Å²) in [7, 11) is 1.68. The Morgan fingerprint density at radius 3 is 2.54 bits per heavy atom. The minimum atomic E-state index is -0.461. The van der Waals surface area contributed by atoms with Crippen LogP contribution in [-0.2, 0) is 13.1 Å². The van der Waals surface area contributed by atoms with Gasteiger partial charge in [0.2, 0.25) is 0 Å². The van der Waals surface area contributed by atoms with Gasteiger partial charge >= 0.3 is 0 Å². The molecule has 0 spiro atoms. The van der Waals surface area contributed by atoms with Crippen molar-refractivity contribution in [2.45, 2.75) is 13.1 Å². The van der Waals surface area contributed by atoms with Crippen LogP contribution in [0.4, 0.5) is 0 Å². The largest absolute Gasteiger partial charge is 0.348 e. The van der Waals surface area contributed by atoms with Gasteiger partial charge in [0.1, 0.15) is 11.3 Å². The number of rotatable bonds is 3. The zero-order chi connectivity index (χ0) is 17.3. The molecule has 1 aliphatic heterocycles. The molecule has 2 amide bonds. The Bertz CT molecular complexity index is 858. The fraction of sp³-hybridized carbons (Fsp3) is 0.235. The minimum Gasteiger partial charge on any atom is -0.348 e. The van der Waals surface area contributed by atoms with Crippen LogP contribution in [-0.4, -0.2) is 34.9 Å². The van der Waals surface area contributed by atoms with Gasteiger partial charge in [0.05, 0.1) is 0 Å². The standard InChI is InChI=1S/C17H16ClN3O3/c1-20-8-9-21-14(17(20)24)7-6-13(16(21)23)15(22)19-10-11-2-4-12(18)5-3-11/h2-7H,8-10H2,1H3,(H,19,22). The van der Waals surface area contributed by atoms with Gasteiger partial charge in [0.15, 0.2) is 0 Å². The summed E-state index contributed by atoms with van der Waals surface area (Å²) in [4.78, 5) is 38.4. The van der Waals surface area contributed by atoms with Gasteiger partial charge < -0.3 is 14.8 Å². The van der Waals surface area contributed by atoms with Crippen molar-refractivity contribution in [3.63, 3.8) is 0 Å². The van der Waals surface area contributed by atoms with E-state index < -0.39 is 11.5 Å². The van der Waals surface area contributed by atoms with E-state index >= 15 is 0 Å². The summed E-state index contributed by atoms with van der Waals surface area (Å²) in [5, 5.41) is 3.33. The molecule has 1 aromatic carbocycles. The predicted octanol–water partition coefficient (Wildman–Crippen LogP) is 1.52. The summed E-state index contributed by atoms with van der Waals surface area (Å²) in [5.74, 6) is -0.678. The van der Waals surface area contributed by atoms with Gasteiger partial charge in [-0.15, -0.1) is 0 Å². The second-order valence-electron chi connectivity index (χ2n) is 5.62. The van der Waals surface area contributed by atoms with E-state index in [9.17, 15) is 14.4 Å². The van der Waals surface area contributed by atoms with Gasteiger partial charge in [0, 0.05) is 31.7 Å². The van der Waals surface area contributed by atoms with E-state index in [1.807, 2.05) is 0 Å². The number of carbonyl (C=O) groups excluding carboxylic acids is 2. The molecule has 1 aromatic heterocycles. The molecule has 0 fully saturated rings. The summed E-state index contributed by atoms with van der Waals surface area (Å²) < 4.78 is 1.36. The van der Waals surface area contributed by atoms with Crippen LogP contribution in [0.15, 0.2) is 41.2 Å². The highest BCUT2D eigenvalue weighted by Crippen LogP contribution is 2.11. The van der Waals surface area contributed by atoms with Crippen LogP contribution < -0.4 is 10.9 Å². The first kappa shape index (κ1) is 16.3. The maximum atomic E-state index is 12.5. The average Bonchev–Trinajstić information content (AvgIpc) is 2.58. The quantitative estimate of drug-likeness (QED) is 0.916. The number of nitrogens with one attached hydrogen (secondary N) is 1. The van der Waals surface area contributed by atoms with E-state index in [-0.39, 0.29) is 11.5 Å². The predicted molar refractivity (Wildman–Crippen MR) is 90.3 cm³/mol. The van der Waals surface area contributed by atoms with Crippen LogP contribution >= 0.6 is 11.6 Å². The van der Waals surface area contributed by atoms with Gasteiger partial charge in [-0.05, 0) is 29.8 Å². The summed E-state index contributed by atoms with van der Waals surface area (Å²) >= 11 is 5.82. The lowest BCUT2D eigenvalue weighted by Crippen LogP contribution is -2.44. The molecule has 2 heterocycles. The maximum Gasteiger partial charge on any atom is 0.270 e. The second-order valence-corrected chi connectivity index (χ2v) is 6.06. The molecule has 0 aliphatic carbocycles. The van der Waals surface area contributed by atoms with Gasteiger partial charge in [0.25, 0.3) is 17.4 Å². The van der Waals surface area contributed by atoms with Crippen LogP contribution in [0.1, 0.15) is 26.4 Å². The Kier molecular flexibility index (Phi) is 4.40. The van der Waals surface area contributed by atoms with E-state index in [0.29, 0.717) is 30.4 Å². The van der Waals surface area contributed by atoms with Crippen LogP contribution in [0.25, 0.3) is 0 Å². The van der Waals surface area contributed by atoms with Crippen molar-refractivity contribution in [2.75, 3.05) is 13.6 Å². The molecule has 3 rings (SSSR count). The van der Waals surface area contributed by atoms with E-state index in [0.717, 1.165) is 5.56 Å². The number of amides is 2. The highest BCUT2D eigenvalue weighted by Gasteiger charge is 2.24. The Labute approximate surface area is 143 Å². The zero-order valence-electron chi connectivity index (χ0n) is 13.1. The number of aromatic nitrogens is 1. The molecule has 24 heavy (non-hydrogen) atoms. The Balaban J connectivity index is 1.80. The first-order chi connectivity index (χ1) is 11.5. The number of hydrogen-bond acceptors (Lipinski definition) is 3. The van der Waals surface area contributed by atoms with E-state index in [1.165, 1.54) is 16.7 Å². The Morgan fingerprint density at radius 1 is 1.12 bits per heavy atom. The molecule has 0 radical (unpaired) electrons. The molecule has 0 bridgehead atoms. The molecule has 1 N–H and O–H groups in total. The van der Waals surface area contributed by atoms with Crippen LogP contribution in [0, 0.1) is 0 Å². The third-order valence-electron chi connectivity index (χ3n) is 4.01. The summed E-state index contributed by atoms with van der Waals surface area (Å²) in [6.45, 7) is 1.12. The number of carbonyl (C=O) groups is 2. The van der Waals surface area contributed by atoms with E-state index in [1.54, 1.807) is 36.2 Å². The molecule has 0 saturated heterocycles. The van der Waals surface area contributed by atoms with Gasteiger partial charge in [-0.25, -0.2) is 0 Å². The van der Waals surface area contributed by atoms with Gasteiger partial charge in [-0.2, -0.15) is 0 Å². The van der Waals surface area contributed by atoms with Crippen LogP contribution in [0.3, 0.4) is 0 Å². The molecule has 0 saturated carbocycles. The smallest absolute Gasteiger partial charge is 0.270 e. The molecular formula is C17H16ClN3O3. The molecule has 2 aromatic rings. The average molecular weight is 346 g/mol. The van der Waals surface area contributed by atoms with Crippen molar-refractivity contribution < 1.29 is 9.59 Å². The van der Waals surface area contributed by atoms with Crippen molar-refractivity contribution >= 4 is 23.4 Å². The Hall–Kier alpha value is -2.60. The Morgan fingerprint density at radius 2 is 1.83 bits per heavy atom. The van der Waals surface area contributed by atoms with Crippen LogP contribution in [0.2, 0.25) is 5.02 Å². The third-order valence-corrected chi connectivity index (χ3v) is 4.26.